The van der Waals surface area contributed by atoms with Crippen molar-refractivity contribution >= 4 is 39.4 Å². The average molecular weight is 509 g/mol. The minimum absolute atomic E-state index is 0.00436. The number of allylic oxidation sites excluding steroid dienone is 1. The minimum atomic E-state index is -4.14. The maximum absolute atomic E-state index is 12.8. The Bertz CT molecular complexity index is 1430. The Hall–Kier alpha value is -4.06. The molecule has 178 valence electrons. The van der Waals surface area contributed by atoms with Crippen molar-refractivity contribution in [3.05, 3.63) is 101 Å². The Morgan fingerprint density at radius 2 is 1.89 bits per heavy atom. The van der Waals surface area contributed by atoms with Crippen LogP contribution in [-0.4, -0.2) is 21.4 Å². The van der Waals surface area contributed by atoms with Crippen LogP contribution < -0.4 is 14.2 Å². The first kappa shape index (κ1) is 25.6. The molecule has 0 spiro atoms. The molecule has 0 saturated heterocycles. The van der Waals surface area contributed by atoms with Crippen LogP contribution in [0.4, 0.5) is 5.69 Å². The Balaban J connectivity index is 1.99. The van der Waals surface area contributed by atoms with Crippen LogP contribution in [0.3, 0.4) is 0 Å². The van der Waals surface area contributed by atoms with Gasteiger partial charge in [-0.1, -0.05) is 41.9 Å². The molecule has 0 bridgehead atoms. The van der Waals surface area contributed by atoms with Gasteiger partial charge in [0.2, 0.25) is 0 Å². The number of hydrogen-bond acceptors (Lipinski definition) is 6. The summed E-state index contributed by atoms with van der Waals surface area (Å²) in [5, 5.41) is 12.6. The van der Waals surface area contributed by atoms with Gasteiger partial charge in [0.25, 0.3) is 5.91 Å². The molecule has 9 heteroatoms. The van der Waals surface area contributed by atoms with E-state index < -0.39 is 16.0 Å². The first-order valence-electron chi connectivity index (χ1n) is 10.3. The zero-order valence-corrected chi connectivity index (χ0v) is 20.3. The molecule has 3 aromatic carbocycles. The van der Waals surface area contributed by atoms with Gasteiger partial charge >= 0.3 is 10.1 Å². The van der Waals surface area contributed by atoms with Crippen molar-refractivity contribution in [3.8, 4) is 17.6 Å². The number of nitriles is 1. The summed E-state index contributed by atoms with van der Waals surface area (Å²) >= 11 is 5.94. The number of rotatable bonds is 9. The number of anilines is 1. The fourth-order valence-corrected chi connectivity index (χ4v) is 4.33. The molecule has 0 radical (unpaired) electrons. The molecule has 0 aliphatic carbocycles. The molecular weight excluding hydrogens is 488 g/mol. The third-order valence-corrected chi connectivity index (χ3v) is 6.19. The van der Waals surface area contributed by atoms with E-state index in [4.69, 9.17) is 20.5 Å². The summed E-state index contributed by atoms with van der Waals surface area (Å²) in [5.74, 6) is -0.524. The van der Waals surface area contributed by atoms with E-state index in [1.54, 1.807) is 54.6 Å². The maximum Gasteiger partial charge on any atom is 0.339 e. The Labute approximate surface area is 209 Å². The molecule has 0 aromatic heterocycles. The number of methoxy groups -OCH3 is 1. The fourth-order valence-electron chi connectivity index (χ4n) is 3.15. The lowest BCUT2D eigenvalue weighted by Crippen LogP contribution is -2.13. The quantitative estimate of drug-likeness (QED) is 0.180. The first-order chi connectivity index (χ1) is 16.8. The monoisotopic (exact) mass is 508 g/mol. The molecule has 3 rings (SSSR count). The van der Waals surface area contributed by atoms with Crippen LogP contribution in [0.15, 0.2) is 89.9 Å². The lowest BCUT2D eigenvalue weighted by Gasteiger charge is -2.15. The molecule has 1 N–H and O–H groups in total. The highest BCUT2D eigenvalue weighted by Gasteiger charge is 2.22. The Kier molecular flexibility index (Phi) is 8.31. The number of amides is 1. The van der Waals surface area contributed by atoms with Gasteiger partial charge in [0.1, 0.15) is 16.5 Å². The van der Waals surface area contributed by atoms with E-state index in [1.165, 1.54) is 31.4 Å². The van der Waals surface area contributed by atoms with E-state index in [0.717, 1.165) is 0 Å². The van der Waals surface area contributed by atoms with Gasteiger partial charge in [-0.25, -0.2) is 0 Å². The lowest BCUT2D eigenvalue weighted by atomic mass is 10.0. The SMILES string of the molecule is C=CCc1cc(/C=C(\C#N)C(=O)Nc2cccc(Cl)c2)cc(OC)c1OS(=O)(=O)c1ccccc1. The van der Waals surface area contributed by atoms with Crippen molar-refractivity contribution in [1.82, 2.24) is 0 Å². The molecule has 0 unspecified atom stereocenters. The van der Waals surface area contributed by atoms with Crippen molar-refractivity contribution in [2.45, 2.75) is 11.3 Å². The third-order valence-electron chi connectivity index (χ3n) is 4.72. The van der Waals surface area contributed by atoms with Gasteiger partial charge in [0.15, 0.2) is 11.5 Å². The first-order valence-corrected chi connectivity index (χ1v) is 12.1. The van der Waals surface area contributed by atoms with Gasteiger partial charge in [-0.3, -0.25) is 4.79 Å². The van der Waals surface area contributed by atoms with Crippen LogP contribution in [-0.2, 0) is 21.3 Å². The normalized spacial score (nSPS) is 11.3. The van der Waals surface area contributed by atoms with Crippen molar-refractivity contribution in [2.24, 2.45) is 0 Å². The molecule has 0 fully saturated rings. The van der Waals surface area contributed by atoms with E-state index in [-0.39, 0.29) is 28.4 Å². The highest BCUT2D eigenvalue weighted by molar-refractivity contribution is 7.87. The molecule has 35 heavy (non-hydrogen) atoms. The van der Waals surface area contributed by atoms with Crippen molar-refractivity contribution < 1.29 is 22.1 Å². The van der Waals surface area contributed by atoms with Gasteiger partial charge in [-0.15, -0.1) is 6.58 Å². The second kappa shape index (κ2) is 11.4. The highest BCUT2D eigenvalue weighted by atomic mass is 35.5. The summed E-state index contributed by atoms with van der Waals surface area (Å²) in [6.45, 7) is 3.71. The van der Waals surface area contributed by atoms with E-state index in [9.17, 15) is 18.5 Å². The van der Waals surface area contributed by atoms with E-state index in [2.05, 4.69) is 11.9 Å². The molecule has 0 saturated carbocycles. The van der Waals surface area contributed by atoms with Crippen molar-refractivity contribution in [1.29, 1.82) is 5.26 Å². The van der Waals surface area contributed by atoms with Crippen LogP contribution in [0.2, 0.25) is 5.02 Å². The molecule has 0 aliphatic rings. The number of hydrogen-bond donors (Lipinski definition) is 1. The van der Waals surface area contributed by atoms with Crippen LogP contribution in [0, 0.1) is 11.3 Å². The zero-order chi connectivity index (χ0) is 25.4. The van der Waals surface area contributed by atoms with E-state index in [0.29, 0.717) is 21.8 Å². The molecule has 7 nitrogen and oxygen atoms in total. The van der Waals surface area contributed by atoms with Crippen LogP contribution in [0.1, 0.15) is 11.1 Å². The standard InChI is InChI=1S/C26H21ClN2O5S/c1-3-8-19-13-18(14-20(17-28)26(30)29-22-10-7-9-21(27)16-22)15-24(33-2)25(19)34-35(31,32)23-11-5-4-6-12-23/h3-7,9-16H,1,8H2,2H3,(H,29,30)/b20-14+. The second-order valence-electron chi connectivity index (χ2n) is 7.19. The summed E-state index contributed by atoms with van der Waals surface area (Å²) in [6.07, 6.45) is 3.18. The summed E-state index contributed by atoms with van der Waals surface area (Å²) in [6, 6.07) is 19.2. The summed E-state index contributed by atoms with van der Waals surface area (Å²) in [4.78, 5) is 12.6. The van der Waals surface area contributed by atoms with Crippen LogP contribution in [0.5, 0.6) is 11.5 Å². The van der Waals surface area contributed by atoms with Gasteiger partial charge in [0, 0.05) is 16.3 Å². The van der Waals surface area contributed by atoms with Gasteiger partial charge in [-0.2, -0.15) is 13.7 Å². The number of carbonyl (C=O) groups is 1. The molecule has 3 aromatic rings. The number of carbonyl (C=O) groups excluding carboxylic acids is 1. The van der Waals surface area contributed by atoms with Crippen molar-refractivity contribution in [3.63, 3.8) is 0 Å². The Morgan fingerprint density at radius 3 is 2.51 bits per heavy atom. The van der Waals surface area contributed by atoms with Crippen molar-refractivity contribution in [2.75, 3.05) is 12.4 Å². The smallest absolute Gasteiger partial charge is 0.339 e. The second-order valence-corrected chi connectivity index (χ2v) is 9.17. The number of nitrogens with one attached hydrogen (secondary N) is 1. The molecule has 1 amide bonds. The molecule has 0 aliphatic heterocycles. The number of benzene rings is 3. The predicted octanol–water partition coefficient (Wildman–Crippen LogP) is 5.39. The molecule has 0 atom stereocenters. The minimum Gasteiger partial charge on any atom is -0.493 e. The van der Waals surface area contributed by atoms with Crippen LogP contribution in [0.25, 0.3) is 6.08 Å². The Morgan fingerprint density at radius 1 is 1.14 bits per heavy atom. The number of ether oxygens (including phenoxy) is 1. The number of halogens is 1. The summed E-state index contributed by atoms with van der Waals surface area (Å²) < 4.78 is 36.4. The van der Waals surface area contributed by atoms with Gasteiger partial charge < -0.3 is 14.2 Å². The highest BCUT2D eigenvalue weighted by Crippen LogP contribution is 2.36. The fraction of sp³-hybridized carbons (Fsp3) is 0.0769. The predicted molar refractivity (Wildman–Crippen MR) is 135 cm³/mol. The summed E-state index contributed by atoms with van der Waals surface area (Å²) in [7, 11) is -2.78. The third kappa shape index (κ3) is 6.51. The largest absolute Gasteiger partial charge is 0.493 e. The average Bonchev–Trinajstić information content (AvgIpc) is 2.84. The number of nitrogens with zero attached hydrogens (tertiary/aromatic N) is 1. The molecule has 0 heterocycles. The maximum atomic E-state index is 12.8. The van der Waals surface area contributed by atoms with E-state index >= 15 is 0 Å². The van der Waals surface area contributed by atoms with Gasteiger partial charge in [-0.05, 0) is 60.5 Å². The topological polar surface area (TPSA) is 105 Å². The van der Waals surface area contributed by atoms with Gasteiger partial charge in [0.05, 0.1) is 7.11 Å². The molecular formula is C26H21ClN2O5S. The lowest BCUT2D eigenvalue weighted by molar-refractivity contribution is -0.112. The van der Waals surface area contributed by atoms with E-state index in [1.807, 2.05) is 6.07 Å². The van der Waals surface area contributed by atoms with Crippen LogP contribution >= 0.6 is 11.6 Å². The zero-order valence-electron chi connectivity index (χ0n) is 18.7. The summed E-state index contributed by atoms with van der Waals surface area (Å²) in [5.41, 5.74) is 1.13.